The van der Waals surface area contributed by atoms with Gasteiger partial charge in [-0.3, -0.25) is 14.2 Å². The zero-order valence-corrected chi connectivity index (χ0v) is 15.4. The lowest BCUT2D eigenvalue weighted by molar-refractivity contribution is 0.0945. The van der Waals surface area contributed by atoms with Crippen LogP contribution in [0.5, 0.6) is 0 Å². The van der Waals surface area contributed by atoms with Crippen molar-refractivity contribution in [1.29, 1.82) is 0 Å². The Kier molecular flexibility index (Phi) is 4.19. The summed E-state index contributed by atoms with van der Waals surface area (Å²) in [7, 11) is 1.89. The van der Waals surface area contributed by atoms with Gasteiger partial charge in [0.25, 0.3) is 5.91 Å². The van der Waals surface area contributed by atoms with Crippen LogP contribution in [0.2, 0.25) is 0 Å². The Morgan fingerprint density at radius 2 is 2.11 bits per heavy atom. The monoisotopic (exact) mass is 364 g/mol. The number of rotatable bonds is 5. The summed E-state index contributed by atoms with van der Waals surface area (Å²) in [6.45, 7) is 5.19. The minimum atomic E-state index is -0.251. The van der Waals surface area contributed by atoms with Crippen molar-refractivity contribution >= 4 is 11.6 Å². The van der Waals surface area contributed by atoms with Crippen LogP contribution in [-0.4, -0.2) is 40.1 Å². The molecule has 0 aliphatic rings. The van der Waals surface area contributed by atoms with Gasteiger partial charge in [-0.25, -0.2) is 9.50 Å². The quantitative estimate of drug-likeness (QED) is 0.580. The number of hydrogen-bond acceptors (Lipinski definition) is 5. The number of fused-ring (bicyclic) bond motifs is 1. The number of carbonyl (C=O) groups excluding carboxylic acids is 1. The molecule has 0 bridgehead atoms. The van der Waals surface area contributed by atoms with Gasteiger partial charge in [-0.15, -0.1) is 0 Å². The molecular formula is C18H20N8O. The molecule has 4 heterocycles. The molecule has 0 aromatic carbocycles. The van der Waals surface area contributed by atoms with Gasteiger partial charge in [0.2, 0.25) is 0 Å². The smallest absolute Gasteiger partial charge is 0.272 e. The molecule has 0 saturated heterocycles. The average molecular weight is 364 g/mol. The van der Waals surface area contributed by atoms with Crippen molar-refractivity contribution in [3.63, 3.8) is 0 Å². The molecule has 0 unspecified atom stereocenters. The molecular weight excluding hydrogens is 344 g/mol. The summed E-state index contributed by atoms with van der Waals surface area (Å²) in [5.41, 5.74) is 4.68. The summed E-state index contributed by atoms with van der Waals surface area (Å²) < 4.78 is 5.29. The Balaban J connectivity index is 1.60. The van der Waals surface area contributed by atoms with Crippen LogP contribution in [0, 0.1) is 6.92 Å². The van der Waals surface area contributed by atoms with E-state index in [1.165, 1.54) is 0 Å². The SMILES string of the molecule is CCn1cc(CNC(=O)c2cc3nccc(-c4cnn(C)c4C)n3n2)cn1. The number of nitrogens with zero attached hydrogens (tertiary/aromatic N) is 7. The summed E-state index contributed by atoms with van der Waals surface area (Å²) in [5.74, 6) is -0.251. The van der Waals surface area contributed by atoms with E-state index in [1.807, 2.05) is 37.8 Å². The van der Waals surface area contributed by atoms with Gasteiger partial charge in [-0.2, -0.15) is 15.3 Å². The van der Waals surface area contributed by atoms with Crippen molar-refractivity contribution in [2.45, 2.75) is 26.9 Å². The maximum Gasteiger partial charge on any atom is 0.272 e. The predicted molar refractivity (Wildman–Crippen MR) is 99.0 cm³/mol. The maximum atomic E-state index is 12.5. The van der Waals surface area contributed by atoms with Gasteiger partial charge in [0, 0.05) is 55.4 Å². The first-order chi connectivity index (χ1) is 13.1. The van der Waals surface area contributed by atoms with Gasteiger partial charge < -0.3 is 5.32 Å². The highest BCUT2D eigenvalue weighted by molar-refractivity contribution is 5.93. The van der Waals surface area contributed by atoms with Gasteiger partial charge in [0.05, 0.1) is 18.1 Å². The van der Waals surface area contributed by atoms with Crippen LogP contribution in [0.1, 0.15) is 28.7 Å². The highest BCUT2D eigenvalue weighted by Gasteiger charge is 2.16. The third-order valence-corrected chi connectivity index (χ3v) is 4.57. The third kappa shape index (κ3) is 3.07. The fourth-order valence-electron chi connectivity index (χ4n) is 2.90. The largest absolute Gasteiger partial charge is 0.346 e. The minimum Gasteiger partial charge on any atom is -0.346 e. The molecule has 4 aromatic rings. The standard InChI is InChI=1S/C18H20N8O/c1-4-25-11-13(9-22-25)8-20-18(27)15-7-17-19-6-5-16(26(17)23-15)14-10-21-24(3)12(14)2/h5-7,9-11H,4,8H2,1-3H3,(H,20,27). The first-order valence-corrected chi connectivity index (χ1v) is 8.70. The van der Waals surface area contributed by atoms with Crippen molar-refractivity contribution in [3.8, 4) is 11.3 Å². The summed E-state index contributed by atoms with van der Waals surface area (Å²) in [5, 5.41) is 15.8. The zero-order chi connectivity index (χ0) is 19.0. The molecule has 138 valence electrons. The normalized spacial score (nSPS) is 11.2. The molecule has 0 fully saturated rings. The fraction of sp³-hybridized carbons (Fsp3) is 0.278. The molecule has 9 heteroatoms. The molecule has 1 N–H and O–H groups in total. The van der Waals surface area contributed by atoms with E-state index >= 15 is 0 Å². The predicted octanol–water partition coefficient (Wildman–Crippen LogP) is 1.58. The zero-order valence-electron chi connectivity index (χ0n) is 15.4. The van der Waals surface area contributed by atoms with Crippen LogP contribution < -0.4 is 5.32 Å². The Bertz CT molecular complexity index is 1120. The molecule has 0 aliphatic heterocycles. The van der Waals surface area contributed by atoms with Crippen LogP contribution in [0.4, 0.5) is 0 Å². The molecule has 0 spiro atoms. The van der Waals surface area contributed by atoms with E-state index in [4.69, 9.17) is 0 Å². The van der Waals surface area contributed by atoms with Gasteiger partial charge in [0.15, 0.2) is 11.3 Å². The van der Waals surface area contributed by atoms with E-state index in [0.29, 0.717) is 17.9 Å². The van der Waals surface area contributed by atoms with Crippen LogP contribution in [0.15, 0.2) is 36.9 Å². The second-order valence-electron chi connectivity index (χ2n) is 6.28. The van der Waals surface area contributed by atoms with Crippen molar-refractivity contribution in [2.75, 3.05) is 0 Å². The Morgan fingerprint density at radius 1 is 1.26 bits per heavy atom. The molecule has 0 atom stereocenters. The van der Waals surface area contributed by atoms with E-state index in [-0.39, 0.29) is 5.91 Å². The van der Waals surface area contributed by atoms with E-state index in [1.54, 1.807) is 33.9 Å². The van der Waals surface area contributed by atoms with Crippen LogP contribution >= 0.6 is 0 Å². The number of carbonyl (C=O) groups is 1. The highest BCUT2D eigenvalue weighted by Crippen LogP contribution is 2.23. The van der Waals surface area contributed by atoms with Crippen LogP contribution in [-0.2, 0) is 20.1 Å². The molecule has 4 rings (SSSR count). The summed E-state index contributed by atoms with van der Waals surface area (Å²) in [4.78, 5) is 16.8. The highest BCUT2D eigenvalue weighted by atomic mass is 16.1. The minimum absolute atomic E-state index is 0.251. The van der Waals surface area contributed by atoms with Crippen molar-refractivity contribution in [3.05, 3.63) is 53.9 Å². The molecule has 4 aromatic heterocycles. The van der Waals surface area contributed by atoms with E-state index < -0.39 is 0 Å². The summed E-state index contributed by atoms with van der Waals surface area (Å²) >= 11 is 0. The molecule has 0 aliphatic carbocycles. The summed E-state index contributed by atoms with van der Waals surface area (Å²) in [6.07, 6.45) is 7.16. The van der Waals surface area contributed by atoms with E-state index in [2.05, 4.69) is 25.6 Å². The lowest BCUT2D eigenvalue weighted by Crippen LogP contribution is -2.23. The average Bonchev–Trinajstić information content (AvgIpc) is 3.39. The van der Waals surface area contributed by atoms with Crippen LogP contribution in [0.25, 0.3) is 16.9 Å². The van der Waals surface area contributed by atoms with Gasteiger partial charge in [-0.1, -0.05) is 0 Å². The molecule has 1 amide bonds. The van der Waals surface area contributed by atoms with E-state index in [0.717, 1.165) is 29.1 Å². The lowest BCUT2D eigenvalue weighted by Gasteiger charge is -2.03. The van der Waals surface area contributed by atoms with Crippen molar-refractivity contribution in [2.24, 2.45) is 7.05 Å². The molecule has 9 nitrogen and oxygen atoms in total. The lowest BCUT2D eigenvalue weighted by atomic mass is 10.2. The molecule has 27 heavy (non-hydrogen) atoms. The van der Waals surface area contributed by atoms with Gasteiger partial charge in [0.1, 0.15) is 0 Å². The number of aromatic nitrogens is 7. The third-order valence-electron chi connectivity index (χ3n) is 4.57. The number of amides is 1. The molecule has 0 radical (unpaired) electrons. The van der Waals surface area contributed by atoms with E-state index in [9.17, 15) is 4.79 Å². The van der Waals surface area contributed by atoms with Gasteiger partial charge in [-0.05, 0) is 19.9 Å². The maximum absolute atomic E-state index is 12.5. The summed E-state index contributed by atoms with van der Waals surface area (Å²) in [6, 6.07) is 3.55. The van der Waals surface area contributed by atoms with Crippen molar-refractivity contribution < 1.29 is 4.79 Å². The molecule has 0 saturated carbocycles. The Labute approximate surface area is 155 Å². The van der Waals surface area contributed by atoms with Crippen molar-refractivity contribution in [1.82, 2.24) is 39.5 Å². The Morgan fingerprint density at radius 3 is 2.81 bits per heavy atom. The number of hydrogen-bond donors (Lipinski definition) is 1. The first-order valence-electron chi connectivity index (χ1n) is 8.70. The number of aryl methyl sites for hydroxylation is 2. The van der Waals surface area contributed by atoms with Crippen LogP contribution in [0.3, 0.4) is 0 Å². The number of nitrogens with one attached hydrogen (secondary N) is 1. The first kappa shape index (κ1) is 17.0. The Hall–Kier alpha value is -3.49. The van der Waals surface area contributed by atoms with Gasteiger partial charge >= 0.3 is 0 Å². The second kappa shape index (κ2) is 6.67. The fourth-order valence-corrected chi connectivity index (χ4v) is 2.90. The topological polar surface area (TPSA) is 94.9 Å². The second-order valence-corrected chi connectivity index (χ2v) is 6.28.